The quantitative estimate of drug-likeness (QED) is 0.183. The standard InChI is InChI=1S/C47H29N3S/c1-4-14-30(15-5-1)33-24-27-42-40(28-33)43-36-21-11-10-20-34(36)29-41(44(43)51-42)47-49-45(32-18-8-3-9-19-32)48-46(50-47)39-26-25-35(31-16-6-2-7-17-31)37-22-12-13-23-38(37)39/h1-29H. The molecule has 0 unspecified atom stereocenters. The zero-order valence-electron chi connectivity index (χ0n) is 27.5. The van der Waals surface area contributed by atoms with E-state index in [-0.39, 0.29) is 0 Å². The second-order valence-corrected chi connectivity index (χ2v) is 13.8. The molecule has 0 bridgehead atoms. The predicted octanol–water partition coefficient (Wildman–Crippen LogP) is 12.9. The van der Waals surface area contributed by atoms with Gasteiger partial charge in [0.1, 0.15) is 0 Å². The third kappa shape index (κ3) is 5.08. The van der Waals surface area contributed by atoms with Gasteiger partial charge < -0.3 is 0 Å². The zero-order chi connectivity index (χ0) is 33.7. The van der Waals surface area contributed by atoms with Gasteiger partial charge in [-0.05, 0) is 68.1 Å². The molecule has 0 aliphatic heterocycles. The van der Waals surface area contributed by atoms with Crippen LogP contribution in [0.3, 0.4) is 0 Å². The molecule has 0 spiro atoms. The van der Waals surface area contributed by atoms with Crippen LogP contribution in [0.2, 0.25) is 0 Å². The summed E-state index contributed by atoms with van der Waals surface area (Å²) in [4.78, 5) is 15.7. The molecule has 4 heteroatoms. The third-order valence-electron chi connectivity index (χ3n) is 9.73. The molecule has 2 aromatic heterocycles. The fraction of sp³-hybridized carbons (Fsp3) is 0. The first-order valence-electron chi connectivity index (χ1n) is 17.1. The van der Waals surface area contributed by atoms with Gasteiger partial charge in [-0.3, -0.25) is 0 Å². The molecule has 0 amide bonds. The van der Waals surface area contributed by atoms with Crippen molar-refractivity contribution in [3.05, 3.63) is 176 Å². The zero-order valence-corrected chi connectivity index (χ0v) is 28.3. The lowest BCUT2D eigenvalue weighted by atomic mass is 9.94. The average molecular weight is 668 g/mol. The molecule has 8 aromatic carbocycles. The average Bonchev–Trinajstić information content (AvgIpc) is 3.60. The molecule has 0 aliphatic carbocycles. The SMILES string of the molecule is c1ccc(-c2ccc3sc4c(-c5nc(-c6ccccc6)nc(-c6ccc(-c7ccccc7)c7ccccc67)n5)cc5ccccc5c4c3c2)cc1. The van der Waals surface area contributed by atoms with Gasteiger partial charge in [-0.2, -0.15) is 0 Å². The molecule has 10 rings (SSSR count). The fourth-order valence-electron chi connectivity index (χ4n) is 7.30. The number of rotatable bonds is 5. The first-order chi connectivity index (χ1) is 25.3. The van der Waals surface area contributed by atoms with Crippen molar-refractivity contribution in [1.82, 2.24) is 15.0 Å². The number of thiophene rings is 1. The number of nitrogens with zero attached hydrogens (tertiary/aromatic N) is 3. The van der Waals surface area contributed by atoms with Gasteiger partial charge >= 0.3 is 0 Å². The summed E-state index contributed by atoms with van der Waals surface area (Å²) in [5.74, 6) is 1.98. The molecule has 0 saturated heterocycles. The van der Waals surface area contributed by atoms with Crippen molar-refractivity contribution in [3.63, 3.8) is 0 Å². The Kier molecular flexibility index (Phi) is 7.00. The molecule has 0 radical (unpaired) electrons. The van der Waals surface area contributed by atoms with Crippen LogP contribution in [-0.4, -0.2) is 15.0 Å². The van der Waals surface area contributed by atoms with Crippen molar-refractivity contribution in [2.45, 2.75) is 0 Å². The van der Waals surface area contributed by atoms with Crippen molar-refractivity contribution in [2.75, 3.05) is 0 Å². The van der Waals surface area contributed by atoms with E-state index in [0.717, 1.165) is 32.8 Å². The topological polar surface area (TPSA) is 38.7 Å². The lowest BCUT2D eigenvalue weighted by molar-refractivity contribution is 1.08. The van der Waals surface area contributed by atoms with Crippen LogP contribution in [0, 0.1) is 0 Å². The van der Waals surface area contributed by atoms with Gasteiger partial charge in [0.2, 0.25) is 0 Å². The normalized spacial score (nSPS) is 11.5. The van der Waals surface area contributed by atoms with Gasteiger partial charge in [0.05, 0.1) is 0 Å². The van der Waals surface area contributed by atoms with Crippen LogP contribution >= 0.6 is 11.3 Å². The van der Waals surface area contributed by atoms with Crippen LogP contribution in [0.1, 0.15) is 0 Å². The van der Waals surface area contributed by atoms with E-state index in [1.807, 2.05) is 18.2 Å². The summed E-state index contributed by atoms with van der Waals surface area (Å²) in [5.41, 5.74) is 7.72. The molecule has 238 valence electrons. The summed E-state index contributed by atoms with van der Waals surface area (Å²) in [6.45, 7) is 0. The molecular weight excluding hydrogens is 639 g/mol. The van der Waals surface area contributed by atoms with Crippen molar-refractivity contribution in [2.24, 2.45) is 0 Å². The van der Waals surface area contributed by atoms with Crippen LogP contribution < -0.4 is 0 Å². The molecule has 10 aromatic rings. The predicted molar refractivity (Wildman–Crippen MR) is 215 cm³/mol. The van der Waals surface area contributed by atoms with Gasteiger partial charge in [-0.25, -0.2) is 15.0 Å². The number of aromatic nitrogens is 3. The Morgan fingerprint density at radius 2 is 0.882 bits per heavy atom. The molecule has 0 fully saturated rings. The lowest BCUT2D eigenvalue weighted by Gasteiger charge is -2.14. The maximum Gasteiger partial charge on any atom is 0.165 e. The highest BCUT2D eigenvalue weighted by atomic mass is 32.1. The Hall–Kier alpha value is -6.49. The summed E-state index contributed by atoms with van der Waals surface area (Å²) in [6.07, 6.45) is 0. The summed E-state index contributed by atoms with van der Waals surface area (Å²) >= 11 is 1.81. The van der Waals surface area contributed by atoms with E-state index in [0.29, 0.717) is 17.5 Å². The van der Waals surface area contributed by atoms with Crippen LogP contribution in [0.5, 0.6) is 0 Å². The van der Waals surface area contributed by atoms with E-state index in [4.69, 9.17) is 15.0 Å². The van der Waals surface area contributed by atoms with Gasteiger partial charge in [-0.1, -0.05) is 152 Å². The molecule has 0 N–H and O–H groups in total. The number of fused-ring (bicyclic) bond motifs is 6. The van der Waals surface area contributed by atoms with E-state index in [1.165, 1.54) is 47.8 Å². The van der Waals surface area contributed by atoms with Gasteiger partial charge in [0.15, 0.2) is 17.5 Å². The number of hydrogen-bond acceptors (Lipinski definition) is 4. The van der Waals surface area contributed by atoms with Gasteiger partial charge in [-0.15, -0.1) is 11.3 Å². The minimum absolute atomic E-state index is 0.653. The van der Waals surface area contributed by atoms with E-state index in [1.54, 1.807) is 11.3 Å². The van der Waals surface area contributed by atoms with Gasteiger partial charge in [0.25, 0.3) is 0 Å². The first-order valence-corrected chi connectivity index (χ1v) is 17.9. The smallest absolute Gasteiger partial charge is 0.165 e. The molecule has 0 aliphatic rings. The Labute approximate surface area is 299 Å². The highest BCUT2D eigenvalue weighted by Crippen LogP contribution is 2.45. The van der Waals surface area contributed by atoms with E-state index in [9.17, 15) is 0 Å². The Morgan fingerprint density at radius 1 is 0.333 bits per heavy atom. The van der Waals surface area contributed by atoms with Crippen molar-refractivity contribution in [3.8, 4) is 56.4 Å². The molecule has 3 nitrogen and oxygen atoms in total. The molecule has 2 heterocycles. The summed E-state index contributed by atoms with van der Waals surface area (Å²) in [6, 6.07) is 62.1. The molecule has 51 heavy (non-hydrogen) atoms. The second-order valence-electron chi connectivity index (χ2n) is 12.8. The fourth-order valence-corrected chi connectivity index (χ4v) is 8.51. The largest absolute Gasteiger partial charge is 0.208 e. The second kappa shape index (κ2) is 12.1. The van der Waals surface area contributed by atoms with Crippen LogP contribution in [0.4, 0.5) is 0 Å². The van der Waals surface area contributed by atoms with Crippen LogP contribution in [0.25, 0.3) is 98.1 Å². The molecular formula is C47H29N3S. The molecule has 0 atom stereocenters. The Bertz CT molecular complexity index is 2900. The Morgan fingerprint density at radius 3 is 1.61 bits per heavy atom. The summed E-state index contributed by atoms with van der Waals surface area (Å²) in [5, 5.41) is 7.14. The maximum absolute atomic E-state index is 5.33. The third-order valence-corrected chi connectivity index (χ3v) is 10.9. The Balaban J connectivity index is 1.25. The van der Waals surface area contributed by atoms with Crippen molar-refractivity contribution in [1.29, 1.82) is 0 Å². The van der Waals surface area contributed by atoms with E-state index in [2.05, 4.69) is 158 Å². The van der Waals surface area contributed by atoms with Gasteiger partial charge in [0, 0.05) is 36.9 Å². The van der Waals surface area contributed by atoms with E-state index < -0.39 is 0 Å². The van der Waals surface area contributed by atoms with E-state index >= 15 is 0 Å². The van der Waals surface area contributed by atoms with Crippen LogP contribution in [-0.2, 0) is 0 Å². The highest BCUT2D eigenvalue weighted by Gasteiger charge is 2.20. The lowest BCUT2D eigenvalue weighted by Crippen LogP contribution is -2.01. The summed E-state index contributed by atoms with van der Waals surface area (Å²) in [7, 11) is 0. The monoisotopic (exact) mass is 667 g/mol. The maximum atomic E-state index is 5.33. The molecule has 0 saturated carbocycles. The van der Waals surface area contributed by atoms with Crippen molar-refractivity contribution < 1.29 is 0 Å². The minimum Gasteiger partial charge on any atom is -0.208 e. The summed E-state index contributed by atoms with van der Waals surface area (Å²) < 4.78 is 2.41. The van der Waals surface area contributed by atoms with Crippen LogP contribution in [0.15, 0.2) is 176 Å². The minimum atomic E-state index is 0.653. The van der Waals surface area contributed by atoms with Crippen molar-refractivity contribution >= 4 is 53.1 Å². The number of benzene rings is 8. The first kappa shape index (κ1) is 29.4. The number of hydrogen-bond donors (Lipinski definition) is 0. The highest BCUT2D eigenvalue weighted by molar-refractivity contribution is 7.26.